The minimum atomic E-state index is 0.370. The van der Waals surface area contributed by atoms with E-state index in [-0.39, 0.29) is 0 Å². The molecule has 4 heteroatoms. The first-order valence-electron chi connectivity index (χ1n) is 6.36. The van der Waals surface area contributed by atoms with E-state index in [2.05, 4.69) is 23.3 Å². The second kappa shape index (κ2) is 6.53. The van der Waals surface area contributed by atoms with E-state index in [0.29, 0.717) is 12.1 Å². The lowest BCUT2D eigenvalue weighted by atomic mass is 10.1. The maximum atomic E-state index is 5.99. The zero-order valence-electron chi connectivity index (χ0n) is 11.0. The summed E-state index contributed by atoms with van der Waals surface area (Å²) in [4.78, 5) is 2.32. The Labute approximate surface area is 114 Å². The number of hydrogen-bond donors (Lipinski definition) is 1. The molecule has 1 aliphatic rings. The van der Waals surface area contributed by atoms with Gasteiger partial charge < -0.3 is 15.0 Å². The molecule has 1 aromatic rings. The molecule has 0 radical (unpaired) electrons. The van der Waals surface area contributed by atoms with E-state index < -0.39 is 0 Å². The molecule has 0 saturated carbocycles. The zero-order valence-corrected chi connectivity index (χ0v) is 11.8. The van der Waals surface area contributed by atoms with Crippen molar-refractivity contribution >= 4 is 11.6 Å². The summed E-state index contributed by atoms with van der Waals surface area (Å²) in [6.07, 6.45) is 1.46. The Morgan fingerprint density at radius 2 is 2.33 bits per heavy atom. The van der Waals surface area contributed by atoms with E-state index in [1.165, 1.54) is 5.56 Å². The number of nitrogens with one attached hydrogen (secondary N) is 1. The van der Waals surface area contributed by atoms with Crippen molar-refractivity contribution in [1.29, 1.82) is 0 Å². The highest BCUT2D eigenvalue weighted by atomic mass is 35.5. The highest BCUT2D eigenvalue weighted by molar-refractivity contribution is 6.30. The van der Waals surface area contributed by atoms with E-state index in [4.69, 9.17) is 16.3 Å². The second-order valence-electron chi connectivity index (χ2n) is 5.03. The fraction of sp³-hybridized carbons (Fsp3) is 0.571. The first-order valence-corrected chi connectivity index (χ1v) is 6.74. The van der Waals surface area contributed by atoms with Crippen molar-refractivity contribution in [1.82, 2.24) is 10.2 Å². The third kappa shape index (κ3) is 3.95. The molecule has 0 aromatic heterocycles. The van der Waals surface area contributed by atoms with Crippen molar-refractivity contribution in [3.63, 3.8) is 0 Å². The topological polar surface area (TPSA) is 24.5 Å². The van der Waals surface area contributed by atoms with Gasteiger partial charge >= 0.3 is 0 Å². The quantitative estimate of drug-likeness (QED) is 0.886. The van der Waals surface area contributed by atoms with Crippen LogP contribution in [0.15, 0.2) is 24.3 Å². The molecule has 1 aliphatic heterocycles. The molecule has 100 valence electrons. The smallest absolute Gasteiger partial charge is 0.0711 e. The Morgan fingerprint density at radius 1 is 1.50 bits per heavy atom. The molecule has 0 spiro atoms. The molecule has 1 heterocycles. The summed E-state index contributed by atoms with van der Waals surface area (Å²) in [6.45, 7) is 2.93. The Balaban J connectivity index is 1.80. The molecule has 1 N–H and O–H groups in total. The van der Waals surface area contributed by atoms with E-state index in [0.717, 1.165) is 31.1 Å². The molecule has 2 atom stereocenters. The van der Waals surface area contributed by atoms with E-state index in [1.807, 2.05) is 18.2 Å². The molecule has 1 aromatic carbocycles. The van der Waals surface area contributed by atoms with E-state index in [1.54, 1.807) is 7.11 Å². The van der Waals surface area contributed by atoms with Crippen LogP contribution in [-0.2, 0) is 11.3 Å². The highest BCUT2D eigenvalue weighted by Crippen LogP contribution is 2.14. The van der Waals surface area contributed by atoms with Gasteiger partial charge in [-0.3, -0.25) is 0 Å². The number of benzene rings is 1. The van der Waals surface area contributed by atoms with Crippen LogP contribution in [0.25, 0.3) is 0 Å². The van der Waals surface area contributed by atoms with Gasteiger partial charge in [0, 0.05) is 37.8 Å². The number of hydrogen-bond acceptors (Lipinski definition) is 3. The van der Waals surface area contributed by atoms with Gasteiger partial charge in [-0.2, -0.15) is 0 Å². The fourth-order valence-electron chi connectivity index (χ4n) is 2.49. The Hall–Kier alpha value is -0.610. The van der Waals surface area contributed by atoms with Gasteiger partial charge in [-0.05, 0) is 31.2 Å². The largest absolute Gasteiger partial charge is 0.380 e. The minimum Gasteiger partial charge on any atom is -0.380 e. The van der Waals surface area contributed by atoms with Crippen LogP contribution in [0.1, 0.15) is 12.0 Å². The summed E-state index contributed by atoms with van der Waals surface area (Å²) in [6, 6.07) is 8.58. The minimum absolute atomic E-state index is 0.370. The molecule has 1 saturated heterocycles. The van der Waals surface area contributed by atoms with Crippen LogP contribution in [0, 0.1) is 0 Å². The third-order valence-corrected chi connectivity index (χ3v) is 3.62. The fourth-order valence-corrected chi connectivity index (χ4v) is 2.70. The molecule has 0 aliphatic carbocycles. The summed E-state index contributed by atoms with van der Waals surface area (Å²) in [7, 11) is 3.92. The molecule has 2 unspecified atom stereocenters. The van der Waals surface area contributed by atoms with Gasteiger partial charge in [0.05, 0.1) is 6.10 Å². The number of halogens is 1. The van der Waals surface area contributed by atoms with Gasteiger partial charge in [0.1, 0.15) is 0 Å². The molecule has 0 amide bonds. The van der Waals surface area contributed by atoms with Crippen LogP contribution in [-0.4, -0.2) is 44.3 Å². The monoisotopic (exact) mass is 268 g/mol. The summed E-state index contributed by atoms with van der Waals surface area (Å²) in [5.41, 5.74) is 1.26. The molecule has 1 fully saturated rings. The lowest BCUT2D eigenvalue weighted by Gasteiger charge is -2.21. The maximum absolute atomic E-state index is 5.99. The molecule has 0 bridgehead atoms. The first-order chi connectivity index (χ1) is 8.67. The maximum Gasteiger partial charge on any atom is 0.0711 e. The van der Waals surface area contributed by atoms with Crippen LogP contribution in [0.3, 0.4) is 0 Å². The molecule has 2 rings (SSSR count). The lowest BCUT2D eigenvalue weighted by molar-refractivity contribution is 0.116. The van der Waals surface area contributed by atoms with Crippen LogP contribution in [0.4, 0.5) is 0 Å². The number of methoxy groups -OCH3 is 1. The van der Waals surface area contributed by atoms with Crippen LogP contribution < -0.4 is 5.32 Å². The van der Waals surface area contributed by atoms with Gasteiger partial charge in [-0.1, -0.05) is 23.7 Å². The van der Waals surface area contributed by atoms with Gasteiger partial charge in [0.2, 0.25) is 0 Å². The van der Waals surface area contributed by atoms with Crippen molar-refractivity contribution in [3.05, 3.63) is 34.9 Å². The lowest BCUT2D eigenvalue weighted by Crippen LogP contribution is -2.34. The van der Waals surface area contributed by atoms with Gasteiger partial charge in [0.25, 0.3) is 0 Å². The van der Waals surface area contributed by atoms with Crippen molar-refractivity contribution in [2.75, 3.05) is 27.2 Å². The number of likely N-dealkylation sites (N-methyl/N-ethyl adjacent to an activating group) is 1. The van der Waals surface area contributed by atoms with Crippen molar-refractivity contribution in [3.8, 4) is 0 Å². The molecule has 18 heavy (non-hydrogen) atoms. The highest BCUT2D eigenvalue weighted by Gasteiger charge is 2.24. The average Bonchev–Trinajstić information content (AvgIpc) is 2.76. The Morgan fingerprint density at radius 3 is 3.00 bits per heavy atom. The predicted octanol–water partition coefficient (Wildman–Crippen LogP) is 2.15. The molecular weight excluding hydrogens is 248 g/mol. The zero-order chi connectivity index (χ0) is 13.0. The number of rotatable bonds is 5. The van der Waals surface area contributed by atoms with Crippen molar-refractivity contribution in [2.24, 2.45) is 0 Å². The first kappa shape index (κ1) is 13.8. The molecule has 3 nitrogen and oxygen atoms in total. The van der Waals surface area contributed by atoms with Gasteiger partial charge in [-0.15, -0.1) is 0 Å². The van der Waals surface area contributed by atoms with Gasteiger partial charge in [-0.25, -0.2) is 0 Å². The number of nitrogens with zero attached hydrogens (tertiary/aromatic N) is 1. The predicted molar refractivity (Wildman–Crippen MR) is 75.0 cm³/mol. The number of ether oxygens (including phenoxy) is 1. The standard InChI is InChI=1S/C14H21ClN2O/c1-17(9-11-4-3-5-12(15)6-11)10-13-7-14(18-2)8-16-13/h3-6,13-14,16H,7-10H2,1-2H3. The van der Waals surface area contributed by atoms with Gasteiger partial charge in [0.15, 0.2) is 0 Å². The third-order valence-electron chi connectivity index (χ3n) is 3.39. The normalized spacial score (nSPS) is 23.8. The summed E-state index contributed by atoms with van der Waals surface area (Å²) >= 11 is 5.99. The van der Waals surface area contributed by atoms with Crippen molar-refractivity contribution in [2.45, 2.75) is 25.1 Å². The second-order valence-corrected chi connectivity index (χ2v) is 5.46. The van der Waals surface area contributed by atoms with Crippen LogP contribution >= 0.6 is 11.6 Å². The Kier molecular flexibility index (Phi) is 5.01. The van der Waals surface area contributed by atoms with Crippen LogP contribution in [0.2, 0.25) is 5.02 Å². The van der Waals surface area contributed by atoms with E-state index >= 15 is 0 Å². The SMILES string of the molecule is COC1CNC(CN(C)Cc2cccc(Cl)c2)C1. The van der Waals surface area contributed by atoms with Crippen molar-refractivity contribution < 1.29 is 4.74 Å². The Bertz CT molecular complexity index is 386. The summed E-state index contributed by atoms with van der Waals surface area (Å²) < 4.78 is 5.36. The average molecular weight is 269 g/mol. The van der Waals surface area contributed by atoms with E-state index in [9.17, 15) is 0 Å². The van der Waals surface area contributed by atoms with Crippen LogP contribution in [0.5, 0.6) is 0 Å². The summed E-state index contributed by atoms with van der Waals surface area (Å²) in [5, 5.41) is 4.30. The summed E-state index contributed by atoms with van der Waals surface area (Å²) in [5.74, 6) is 0. The molecular formula is C14H21ClN2O.